The molecule has 1 unspecified atom stereocenters. The van der Waals surface area contributed by atoms with E-state index in [0.29, 0.717) is 17.2 Å². The summed E-state index contributed by atoms with van der Waals surface area (Å²) >= 11 is 0. The van der Waals surface area contributed by atoms with E-state index in [1.165, 1.54) is 0 Å². The Labute approximate surface area is 119 Å². The number of amides is 2. The number of carbonyl (C=O) groups excluding carboxylic acids is 1. The predicted molar refractivity (Wildman–Crippen MR) is 78.1 cm³/mol. The van der Waals surface area contributed by atoms with Crippen LogP contribution in [-0.2, 0) is 0 Å². The van der Waals surface area contributed by atoms with Crippen LogP contribution >= 0.6 is 0 Å². The number of benzene rings is 1. The molecule has 0 aromatic heterocycles. The minimum Gasteiger partial charge on any atom is -0.328 e. The van der Waals surface area contributed by atoms with Crippen molar-refractivity contribution in [1.29, 1.82) is 5.26 Å². The quantitative estimate of drug-likeness (QED) is 0.865. The van der Waals surface area contributed by atoms with E-state index in [-0.39, 0.29) is 12.1 Å². The van der Waals surface area contributed by atoms with Crippen LogP contribution in [0.15, 0.2) is 24.3 Å². The van der Waals surface area contributed by atoms with Gasteiger partial charge in [0, 0.05) is 24.8 Å². The number of urea groups is 1. The predicted octanol–water partition coefficient (Wildman–Crippen LogP) is 2.15. The summed E-state index contributed by atoms with van der Waals surface area (Å²) in [6, 6.07) is 9.07. The molecule has 1 aromatic rings. The number of piperidine rings is 1. The van der Waals surface area contributed by atoms with E-state index in [1.54, 1.807) is 29.2 Å². The Bertz CT molecular complexity index is 513. The van der Waals surface area contributed by atoms with Crippen LogP contribution in [0.5, 0.6) is 0 Å². The van der Waals surface area contributed by atoms with Gasteiger partial charge in [-0.1, -0.05) is 6.07 Å². The largest absolute Gasteiger partial charge is 0.328 e. The van der Waals surface area contributed by atoms with E-state index in [2.05, 4.69) is 11.4 Å². The zero-order chi connectivity index (χ0) is 14.5. The molecule has 2 amide bonds. The van der Waals surface area contributed by atoms with E-state index < -0.39 is 0 Å². The number of nitriles is 1. The standard InChI is InChI=1S/C15H20N4O/c1-11(17)13-5-7-19(8-6-13)15(20)18-14-4-2-3-12(9-14)10-16/h2-4,9,11,13H,5-8,17H2,1H3,(H,18,20). The number of nitrogens with zero attached hydrogens (tertiary/aromatic N) is 2. The van der Waals surface area contributed by atoms with Crippen LogP contribution < -0.4 is 11.1 Å². The molecule has 1 fully saturated rings. The van der Waals surface area contributed by atoms with Gasteiger partial charge in [0.05, 0.1) is 11.6 Å². The van der Waals surface area contributed by atoms with Gasteiger partial charge in [-0.15, -0.1) is 0 Å². The summed E-state index contributed by atoms with van der Waals surface area (Å²) in [6.45, 7) is 3.49. The fourth-order valence-electron chi connectivity index (χ4n) is 2.50. The zero-order valence-corrected chi connectivity index (χ0v) is 11.7. The second kappa shape index (κ2) is 6.40. The molecule has 1 saturated heterocycles. The molecule has 0 saturated carbocycles. The number of nitrogens with two attached hydrogens (primary N) is 1. The highest BCUT2D eigenvalue weighted by Gasteiger charge is 2.24. The highest BCUT2D eigenvalue weighted by molar-refractivity contribution is 5.89. The Morgan fingerprint density at radius 1 is 1.50 bits per heavy atom. The van der Waals surface area contributed by atoms with Crippen LogP contribution in [-0.4, -0.2) is 30.1 Å². The first kappa shape index (κ1) is 14.4. The number of likely N-dealkylation sites (tertiary alicyclic amines) is 1. The summed E-state index contributed by atoms with van der Waals surface area (Å²) < 4.78 is 0. The highest BCUT2D eigenvalue weighted by atomic mass is 16.2. The van der Waals surface area contributed by atoms with E-state index in [9.17, 15) is 4.79 Å². The average Bonchev–Trinajstić information content (AvgIpc) is 2.47. The average molecular weight is 272 g/mol. The molecule has 1 atom stereocenters. The smallest absolute Gasteiger partial charge is 0.321 e. The molecule has 0 aliphatic carbocycles. The van der Waals surface area contributed by atoms with Crippen LogP contribution in [0.2, 0.25) is 0 Å². The minimum atomic E-state index is -0.108. The molecule has 2 rings (SSSR count). The third-order valence-electron chi connectivity index (χ3n) is 3.81. The van der Waals surface area contributed by atoms with Gasteiger partial charge in [-0.2, -0.15) is 5.26 Å². The molecular weight excluding hydrogens is 252 g/mol. The maximum atomic E-state index is 12.1. The van der Waals surface area contributed by atoms with Gasteiger partial charge in [-0.05, 0) is 43.9 Å². The monoisotopic (exact) mass is 272 g/mol. The third-order valence-corrected chi connectivity index (χ3v) is 3.81. The van der Waals surface area contributed by atoms with Crippen molar-refractivity contribution in [2.45, 2.75) is 25.8 Å². The van der Waals surface area contributed by atoms with Crippen LogP contribution in [0.4, 0.5) is 10.5 Å². The molecular formula is C15H20N4O. The van der Waals surface area contributed by atoms with Gasteiger partial charge in [-0.3, -0.25) is 0 Å². The lowest BCUT2D eigenvalue weighted by molar-refractivity contribution is 0.176. The topological polar surface area (TPSA) is 82.2 Å². The molecule has 106 valence electrons. The second-order valence-electron chi connectivity index (χ2n) is 5.31. The minimum absolute atomic E-state index is 0.108. The van der Waals surface area contributed by atoms with Crippen molar-refractivity contribution in [2.75, 3.05) is 18.4 Å². The first-order chi connectivity index (χ1) is 9.60. The molecule has 20 heavy (non-hydrogen) atoms. The van der Waals surface area contributed by atoms with Gasteiger partial charge in [0.15, 0.2) is 0 Å². The van der Waals surface area contributed by atoms with Crippen molar-refractivity contribution in [2.24, 2.45) is 11.7 Å². The Kier molecular flexibility index (Phi) is 4.59. The lowest BCUT2D eigenvalue weighted by Crippen LogP contribution is -2.44. The molecule has 3 N–H and O–H groups in total. The van der Waals surface area contributed by atoms with E-state index in [0.717, 1.165) is 25.9 Å². The Hall–Kier alpha value is -2.06. The maximum Gasteiger partial charge on any atom is 0.321 e. The molecule has 0 bridgehead atoms. The number of hydrogen-bond acceptors (Lipinski definition) is 3. The Morgan fingerprint density at radius 2 is 2.20 bits per heavy atom. The molecule has 5 nitrogen and oxygen atoms in total. The lowest BCUT2D eigenvalue weighted by atomic mass is 9.91. The van der Waals surface area contributed by atoms with Gasteiger partial charge >= 0.3 is 6.03 Å². The van der Waals surface area contributed by atoms with Crippen molar-refractivity contribution in [1.82, 2.24) is 4.90 Å². The number of hydrogen-bond donors (Lipinski definition) is 2. The van der Waals surface area contributed by atoms with Gasteiger partial charge < -0.3 is 16.0 Å². The fraction of sp³-hybridized carbons (Fsp3) is 0.467. The van der Waals surface area contributed by atoms with Gasteiger partial charge in [0.2, 0.25) is 0 Å². The molecule has 1 aromatic carbocycles. The SMILES string of the molecule is CC(N)C1CCN(C(=O)Nc2cccc(C#N)c2)CC1. The molecule has 1 heterocycles. The van der Waals surface area contributed by atoms with Gasteiger partial charge in [0.25, 0.3) is 0 Å². The highest BCUT2D eigenvalue weighted by Crippen LogP contribution is 2.20. The second-order valence-corrected chi connectivity index (χ2v) is 5.31. The fourth-order valence-corrected chi connectivity index (χ4v) is 2.50. The summed E-state index contributed by atoms with van der Waals surface area (Å²) in [7, 11) is 0. The Morgan fingerprint density at radius 3 is 2.80 bits per heavy atom. The normalized spacial score (nSPS) is 17.4. The van der Waals surface area contributed by atoms with Crippen LogP contribution in [0.3, 0.4) is 0 Å². The first-order valence-electron chi connectivity index (χ1n) is 6.92. The van der Waals surface area contributed by atoms with Crippen molar-refractivity contribution in [3.63, 3.8) is 0 Å². The van der Waals surface area contributed by atoms with Crippen molar-refractivity contribution >= 4 is 11.7 Å². The molecule has 1 aliphatic heterocycles. The summed E-state index contributed by atoms with van der Waals surface area (Å²) in [5.74, 6) is 0.501. The molecule has 5 heteroatoms. The number of carbonyl (C=O) groups is 1. The maximum absolute atomic E-state index is 12.1. The number of nitrogens with one attached hydrogen (secondary N) is 1. The summed E-state index contributed by atoms with van der Waals surface area (Å²) in [4.78, 5) is 13.9. The molecule has 0 spiro atoms. The van der Waals surface area contributed by atoms with E-state index in [4.69, 9.17) is 11.0 Å². The van der Waals surface area contributed by atoms with Crippen LogP contribution in [0.1, 0.15) is 25.3 Å². The molecule has 1 aliphatic rings. The number of anilines is 1. The van der Waals surface area contributed by atoms with E-state index >= 15 is 0 Å². The van der Waals surface area contributed by atoms with Gasteiger partial charge in [0.1, 0.15) is 0 Å². The zero-order valence-electron chi connectivity index (χ0n) is 11.7. The number of rotatable bonds is 2. The van der Waals surface area contributed by atoms with Crippen LogP contribution in [0, 0.1) is 17.2 Å². The third kappa shape index (κ3) is 3.49. The van der Waals surface area contributed by atoms with E-state index in [1.807, 2.05) is 6.92 Å². The summed E-state index contributed by atoms with van der Waals surface area (Å²) in [5.41, 5.74) is 7.09. The lowest BCUT2D eigenvalue weighted by Gasteiger charge is -2.33. The van der Waals surface area contributed by atoms with Crippen LogP contribution in [0.25, 0.3) is 0 Å². The van der Waals surface area contributed by atoms with Crippen molar-refractivity contribution < 1.29 is 4.79 Å². The van der Waals surface area contributed by atoms with Crippen molar-refractivity contribution in [3.05, 3.63) is 29.8 Å². The summed E-state index contributed by atoms with van der Waals surface area (Å²) in [5, 5.41) is 11.7. The summed E-state index contributed by atoms with van der Waals surface area (Å²) in [6.07, 6.45) is 1.90. The van der Waals surface area contributed by atoms with Crippen molar-refractivity contribution in [3.8, 4) is 6.07 Å². The molecule has 0 radical (unpaired) electrons. The first-order valence-corrected chi connectivity index (χ1v) is 6.92. The van der Waals surface area contributed by atoms with Gasteiger partial charge in [-0.25, -0.2) is 4.79 Å². The Balaban J connectivity index is 1.91.